The number of carbonyl (C=O) groups is 1. The van der Waals surface area contributed by atoms with Crippen LogP contribution >= 0.6 is 11.8 Å². The van der Waals surface area contributed by atoms with Crippen molar-refractivity contribution in [2.45, 2.75) is 17.1 Å². The summed E-state index contributed by atoms with van der Waals surface area (Å²) in [7, 11) is 1.62. The van der Waals surface area contributed by atoms with Crippen molar-refractivity contribution in [3.8, 4) is 11.5 Å². The van der Waals surface area contributed by atoms with Crippen molar-refractivity contribution >= 4 is 17.7 Å². The lowest BCUT2D eigenvalue weighted by molar-refractivity contribution is -0.120. The van der Waals surface area contributed by atoms with Gasteiger partial charge in [0.05, 0.1) is 18.9 Å². The molecular weight excluding hydrogens is 329 g/mol. The highest BCUT2D eigenvalue weighted by Crippen LogP contribution is 2.25. The number of hydrogen-bond acceptors (Lipinski definition) is 4. The summed E-state index contributed by atoms with van der Waals surface area (Å²) in [4.78, 5) is 13.1. The molecule has 0 unspecified atom stereocenters. The first kappa shape index (κ1) is 18.1. The predicted molar refractivity (Wildman–Crippen MR) is 93.2 cm³/mol. The number of carbonyl (C=O) groups excluding carboxylic acids is 1. The van der Waals surface area contributed by atoms with E-state index in [9.17, 15) is 9.18 Å². The van der Waals surface area contributed by atoms with E-state index in [1.807, 2.05) is 31.2 Å². The van der Waals surface area contributed by atoms with Crippen molar-refractivity contribution in [1.29, 1.82) is 0 Å². The van der Waals surface area contributed by atoms with Crippen molar-refractivity contribution in [3.63, 3.8) is 0 Å². The summed E-state index contributed by atoms with van der Waals surface area (Å²) in [5.74, 6) is 0.999. The molecule has 128 valence electrons. The number of halogens is 1. The number of ether oxygens (including phenoxy) is 2. The summed E-state index contributed by atoms with van der Waals surface area (Å²) in [6.07, 6.45) is 0. The van der Waals surface area contributed by atoms with Gasteiger partial charge in [0.2, 0.25) is 5.91 Å². The maximum absolute atomic E-state index is 12.8. The van der Waals surface area contributed by atoms with Gasteiger partial charge in [-0.25, -0.2) is 4.39 Å². The molecule has 0 saturated carbocycles. The van der Waals surface area contributed by atoms with E-state index in [2.05, 4.69) is 5.32 Å². The molecule has 0 saturated heterocycles. The summed E-state index contributed by atoms with van der Waals surface area (Å²) in [6.45, 7) is 2.58. The Bertz CT molecular complexity index is 646. The Morgan fingerprint density at radius 1 is 1.12 bits per heavy atom. The van der Waals surface area contributed by atoms with Crippen molar-refractivity contribution in [2.24, 2.45) is 0 Å². The quantitative estimate of drug-likeness (QED) is 0.585. The maximum Gasteiger partial charge on any atom is 0.233 e. The van der Waals surface area contributed by atoms with E-state index < -0.39 is 0 Å². The Morgan fingerprint density at radius 3 is 2.38 bits per heavy atom. The molecule has 0 aliphatic heterocycles. The Hall–Kier alpha value is -2.21. The van der Waals surface area contributed by atoms with E-state index in [0.717, 1.165) is 10.6 Å². The molecule has 4 nitrogen and oxygen atoms in total. The smallest absolute Gasteiger partial charge is 0.233 e. The Kier molecular flexibility index (Phi) is 6.93. The second-order valence-corrected chi connectivity index (χ2v) is 6.44. The van der Waals surface area contributed by atoms with Crippen LogP contribution in [0.4, 0.5) is 4.39 Å². The van der Waals surface area contributed by atoms with Crippen LogP contribution in [0.2, 0.25) is 0 Å². The summed E-state index contributed by atoms with van der Waals surface area (Å²) in [5, 5.41) is 2.61. The Morgan fingerprint density at radius 2 is 1.75 bits per heavy atom. The van der Waals surface area contributed by atoms with Crippen LogP contribution in [0.15, 0.2) is 53.4 Å². The lowest BCUT2D eigenvalue weighted by Crippen LogP contribution is -2.33. The van der Waals surface area contributed by atoms with Crippen LogP contribution < -0.4 is 14.8 Å². The van der Waals surface area contributed by atoms with E-state index in [1.54, 1.807) is 19.2 Å². The van der Waals surface area contributed by atoms with Gasteiger partial charge in [0, 0.05) is 4.90 Å². The van der Waals surface area contributed by atoms with Crippen molar-refractivity contribution < 1.29 is 18.7 Å². The number of amides is 1. The molecule has 2 aromatic carbocycles. The molecule has 6 heteroatoms. The third-order valence-corrected chi connectivity index (χ3v) is 4.34. The minimum absolute atomic E-state index is 0.0569. The average Bonchev–Trinajstić information content (AvgIpc) is 2.60. The molecule has 0 bridgehead atoms. The molecule has 1 atom stereocenters. The van der Waals surface area contributed by atoms with Gasteiger partial charge < -0.3 is 14.8 Å². The first-order chi connectivity index (χ1) is 11.6. The van der Waals surface area contributed by atoms with Crippen LogP contribution in [0.25, 0.3) is 0 Å². The lowest BCUT2D eigenvalue weighted by atomic mass is 10.3. The minimum Gasteiger partial charge on any atom is -0.497 e. The Labute approximate surface area is 145 Å². The molecule has 1 amide bonds. The first-order valence-corrected chi connectivity index (χ1v) is 8.43. The molecule has 0 radical (unpaired) electrons. The monoisotopic (exact) mass is 349 g/mol. The third-order valence-electron chi connectivity index (χ3n) is 3.23. The summed E-state index contributed by atoms with van der Waals surface area (Å²) >= 11 is 1.48. The van der Waals surface area contributed by atoms with E-state index in [-0.39, 0.29) is 17.0 Å². The molecule has 0 heterocycles. The lowest BCUT2D eigenvalue weighted by Gasteiger charge is -2.13. The van der Waals surface area contributed by atoms with Gasteiger partial charge in [-0.2, -0.15) is 0 Å². The van der Waals surface area contributed by atoms with E-state index in [1.165, 1.54) is 23.9 Å². The van der Waals surface area contributed by atoms with Crippen molar-refractivity contribution in [2.75, 3.05) is 20.3 Å². The summed E-state index contributed by atoms with van der Waals surface area (Å²) in [6, 6.07) is 13.4. The van der Waals surface area contributed by atoms with Gasteiger partial charge in [-0.1, -0.05) is 0 Å². The molecular formula is C18H20FNO3S. The number of hydrogen-bond donors (Lipinski definition) is 1. The topological polar surface area (TPSA) is 47.6 Å². The second-order valence-electron chi connectivity index (χ2n) is 5.03. The van der Waals surface area contributed by atoms with Crippen LogP contribution in [-0.4, -0.2) is 31.4 Å². The highest BCUT2D eigenvalue weighted by molar-refractivity contribution is 8.00. The van der Waals surface area contributed by atoms with Gasteiger partial charge in [-0.3, -0.25) is 4.79 Å². The molecule has 0 aliphatic carbocycles. The average molecular weight is 349 g/mol. The van der Waals surface area contributed by atoms with Crippen LogP contribution in [0.5, 0.6) is 11.5 Å². The minimum atomic E-state index is -0.306. The maximum atomic E-state index is 12.8. The van der Waals surface area contributed by atoms with Gasteiger partial charge in [-0.05, 0) is 55.5 Å². The molecule has 0 spiro atoms. The predicted octanol–water partition coefficient (Wildman–Crippen LogP) is 3.51. The number of methoxy groups -OCH3 is 1. The highest BCUT2D eigenvalue weighted by Gasteiger charge is 2.13. The van der Waals surface area contributed by atoms with E-state index in [0.29, 0.717) is 18.9 Å². The number of rotatable bonds is 8. The molecule has 0 aromatic heterocycles. The zero-order valence-electron chi connectivity index (χ0n) is 13.6. The highest BCUT2D eigenvalue weighted by atomic mass is 32.2. The Balaban J connectivity index is 1.70. The molecule has 0 aliphatic rings. The fourth-order valence-electron chi connectivity index (χ4n) is 1.93. The van der Waals surface area contributed by atoms with Gasteiger partial charge in [-0.15, -0.1) is 11.8 Å². The van der Waals surface area contributed by atoms with Crippen LogP contribution in [0.1, 0.15) is 6.92 Å². The molecule has 24 heavy (non-hydrogen) atoms. The SMILES string of the molecule is COc1ccc(S[C@H](C)C(=O)NCCOc2ccc(F)cc2)cc1. The number of thioether (sulfide) groups is 1. The van der Waals surface area contributed by atoms with Crippen LogP contribution in [0, 0.1) is 5.82 Å². The molecule has 1 N–H and O–H groups in total. The fraction of sp³-hybridized carbons (Fsp3) is 0.278. The molecule has 0 fully saturated rings. The fourth-order valence-corrected chi connectivity index (χ4v) is 2.82. The number of benzene rings is 2. The summed E-state index contributed by atoms with van der Waals surface area (Å²) < 4.78 is 23.3. The van der Waals surface area contributed by atoms with E-state index >= 15 is 0 Å². The number of nitrogens with one attached hydrogen (secondary N) is 1. The van der Waals surface area contributed by atoms with E-state index in [4.69, 9.17) is 9.47 Å². The molecule has 2 rings (SSSR count). The molecule has 2 aromatic rings. The summed E-state index contributed by atoms with van der Waals surface area (Å²) in [5.41, 5.74) is 0. The van der Waals surface area contributed by atoms with Gasteiger partial charge in [0.1, 0.15) is 23.9 Å². The zero-order valence-corrected chi connectivity index (χ0v) is 14.4. The second kappa shape index (κ2) is 9.17. The van der Waals surface area contributed by atoms with Gasteiger partial charge in [0.15, 0.2) is 0 Å². The van der Waals surface area contributed by atoms with Crippen molar-refractivity contribution in [3.05, 3.63) is 54.3 Å². The van der Waals surface area contributed by atoms with Gasteiger partial charge >= 0.3 is 0 Å². The third kappa shape index (κ3) is 5.77. The van der Waals surface area contributed by atoms with Crippen molar-refractivity contribution in [1.82, 2.24) is 5.32 Å². The normalized spacial score (nSPS) is 11.6. The van der Waals surface area contributed by atoms with Gasteiger partial charge in [0.25, 0.3) is 0 Å². The standard InChI is InChI=1S/C18H20FNO3S/c1-13(24-17-9-7-15(22-2)8-10-17)18(21)20-11-12-23-16-5-3-14(19)4-6-16/h3-10,13H,11-12H2,1-2H3,(H,20,21)/t13-/m1/s1. The largest absolute Gasteiger partial charge is 0.497 e. The first-order valence-electron chi connectivity index (χ1n) is 7.55. The zero-order chi connectivity index (χ0) is 17.4. The van der Waals surface area contributed by atoms with Crippen LogP contribution in [0.3, 0.4) is 0 Å². The van der Waals surface area contributed by atoms with Crippen LogP contribution in [-0.2, 0) is 4.79 Å².